The van der Waals surface area contributed by atoms with Gasteiger partial charge in [-0.15, -0.1) is 0 Å². The zero-order valence-corrected chi connectivity index (χ0v) is 16.5. The monoisotopic (exact) mass is 388 g/mol. The quantitative estimate of drug-likeness (QED) is 0.712. The van der Waals surface area contributed by atoms with Crippen LogP contribution < -0.4 is 5.32 Å². The Morgan fingerprint density at radius 1 is 1.15 bits per heavy atom. The molecule has 27 heavy (non-hydrogen) atoms. The van der Waals surface area contributed by atoms with E-state index in [9.17, 15) is 14.0 Å². The van der Waals surface area contributed by atoms with Crippen molar-refractivity contribution in [3.05, 3.63) is 71.5 Å². The van der Waals surface area contributed by atoms with Gasteiger partial charge in [-0.2, -0.15) is 11.8 Å². The first-order valence-electron chi connectivity index (χ1n) is 8.93. The number of hydrogen-bond acceptors (Lipinski definition) is 3. The van der Waals surface area contributed by atoms with E-state index in [0.29, 0.717) is 25.1 Å². The zero-order chi connectivity index (χ0) is 19.6. The van der Waals surface area contributed by atoms with Crippen LogP contribution in [0, 0.1) is 5.82 Å². The molecule has 1 N–H and O–H groups in total. The first kappa shape index (κ1) is 21.0. The van der Waals surface area contributed by atoms with Crippen LogP contribution in [0.1, 0.15) is 29.3 Å². The van der Waals surface area contributed by atoms with Crippen LogP contribution in [-0.4, -0.2) is 41.3 Å². The van der Waals surface area contributed by atoms with Crippen LogP contribution in [0.15, 0.2) is 54.6 Å². The summed E-state index contributed by atoms with van der Waals surface area (Å²) in [6.07, 6.45) is 2.50. The highest BCUT2D eigenvalue weighted by atomic mass is 32.2. The summed E-state index contributed by atoms with van der Waals surface area (Å²) in [7, 11) is 0. The second-order valence-electron chi connectivity index (χ2n) is 6.16. The minimum atomic E-state index is -0.612. The van der Waals surface area contributed by atoms with E-state index in [1.807, 2.05) is 19.2 Å². The number of thioether (sulfide) groups is 1. The lowest BCUT2D eigenvalue weighted by molar-refractivity contribution is -0.133. The molecular formula is C21H25FN2O2S. The number of nitrogens with zero attached hydrogens (tertiary/aromatic N) is 1. The third-order valence-corrected chi connectivity index (χ3v) is 4.85. The fraction of sp³-hybridized carbons (Fsp3) is 0.333. The maximum absolute atomic E-state index is 13.4. The van der Waals surface area contributed by atoms with Crippen LogP contribution >= 0.6 is 11.8 Å². The highest BCUT2D eigenvalue weighted by Gasteiger charge is 2.25. The Bertz CT molecular complexity index is 755. The van der Waals surface area contributed by atoms with E-state index >= 15 is 0 Å². The van der Waals surface area contributed by atoms with Gasteiger partial charge < -0.3 is 10.2 Å². The Balaban J connectivity index is 2.12. The lowest BCUT2D eigenvalue weighted by Gasteiger charge is -2.27. The van der Waals surface area contributed by atoms with Crippen molar-refractivity contribution < 1.29 is 14.0 Å². The van der Waals surface area contributed by atoms with E-state index in [0.717, 1.165) is 11.3 Å². The van der Waals surface area contributed by atoms with Gasteiger partial charge in [0.25, 0.3) is 5.91 Å². The van der Waals surface area contributed by atoms with Crippen molar-refractivity contribution in [2.45, 2.75) is 25.9 Å². The second-order valence-corrected chi connectivity index (χ2v) is 7.14. The third-order valence-electron chi connectivity index (χ3n) is 4.21. The van der Waals surface area contributed by atoms with Gasteiger partial charge in [0.2, 0.25) is 5.91 Å². The predicted molar refractivity (Wildman–Crippen MR) is 108 cm³/mol. The molecule has 0 radical (unpaired) electrons. The number of hydrogen-bond donors (Lipinski definition) is 1. The number of benzene rings is 2. The lowest BCUT2D eigenvalue weighted by atomic mass is 10.1. The number of halogens is 1. The van der Waals surface area contributed by atoms with Gasteiger partial charge in [0.05, 0.1) is 0 Å². The molecule has 0 aliphatic rings. The van der Waals surface area contributed by atoms with Crippen LogP contribution in [0.3, 0.4) is 0 Å². The molecule has 0 aliphatic heterocycles. The molecule has 6 heteroatoms. The van der Waals surface area contributed by atoms with Crippen molar-refractivity contribution in [2.75, 3.05) is 18.6 Å². The normalized spacial score (nSPS) is 11.7. The van der Waals surface area contributed by atoms with Crippen LogP contribution in [0.2, 0.25) is 0 Å². The Labute approximate surface area is 164 Å². The Morgan fingerprint density at radius 3 is 2.52 bits per heavy atom. The molecule has 2 aromatic rings. The number of amides is 2. The maximum Gasteiger partial charge on any atom is 0.251 e. The van der Waals surface area contributed by atoms with E-state index in [2.05, 4.69) is 5.32 Å². The highest BCUT2D eigenvalue weighted by Crippen LogP contribution is 2.12. The summed E-state index contributed by atoms with van der Waals surface area (Å²) in [6, 6.07) is 14.5. The smallest absolute Gasteiger partial charge is 0.251 e. The van der Waals surface area contributed by atoms with Gasteiger partial charge in [0, 0.05) is 18.7 Å². The molecule has 0 aliphatic carbocycles. The van der Waals surface area contributed by atoms with Crippen molar-refractivity contribution in [3.63, 3.8) is 0 Å². The molecule has 0 bridgehead atoms. The van der Waals surface area contributed by atoms with E-state index in [1.54, 1.807) is 53.1 Å². The summed E-state index contributed by atoms with van der Waals surface area (Å²) >= 11 is 1.62. The standard InChI is InChI=1S/C21H25FN2O2S/c1-3-24(15-16-8-7-11-18(22)14-16)21(26)19(12-13-27-2)23-20(25)17-9-5-4-6-10-17/h4-11,14,19H,3,12-13,15H2,1-2H3,(H,23,25). The molecule has 4 nitrogen and oxygen atoms in total. The maximum atomic E-state index is 13.4. The van der Waals surface area contributed by atoms with Crippen LogP contribution in [0.25, 0.3) is 0 Å². The number of carbonyl (C=O) groups excluding carboxylic acids is 2. The molecule has 0 heterocycles. The molecule has 2 amide bonds. The summed E-state index contributed by atoms with van der Waals surface area (Å²) in [6.45, 7) is 2.66. The van der Waals surface area contributed by atoms with Crippen molar-refractivity contribution in [2.24, 2.45) is 0 Å². The summed E-state index contributed by atoms with van der Waals surface area (Å²) in [5.74, 6) is 0.00693. The van der Waals surface area contributed by atoms with Gasteiger partial charge >= 0.3 is 0 Å². The number of carbonyl (C=O) groups is 2. The topological polar surface area (TPSA) is 49.4 Å². The minimum absolute atomic E-state index is 0.153. The van der Waals surface area contributed by atoms with E-state index in [4.69, 9.17) is 0 Å². The second kappa shape index (κ2) is 10.7. The zero-order valence-electron chi connectivity index (χ0n) is 15.7. The first-order chi connectivity index (χ1) is 13.0. The third kappa shape index (κ3) is 6.40. The average Bonchev–Trinajstić information content (AvgIpc) is 2.69. The molecule has 0 spiro atoms. The number of likely N-dealkylation sites (N-methyl/N-ethyl adjacent to an activating group) is 1. The van der Waals surface area contributed by atoms with Gasteiger partial charge in [-0.1, -0.05) is 30.3 Å². The van der Waals surface area contributed by atoms with E-state index in [-0.39, 0.29) is 17.6 Å². The fourth-order valence-corrected chi connectivity index (χ4v) is 3.22. The molecule has 2 aromatic carbocycles. The summed E-state index contributed by atoms with van der Waals surface area (Å²) in [5, 5.41) is 2.86. The Morgan fingerprint density at radius 2 is 1.89 bits per heavy atom. The fourth-order valence-electron chi connectivity index (χ4n) is 2.75. The van der Waals surface area contributed by atoms with Crippen molar-refractivity contribution in [1.82, 2.24) is 10.2 Å². The molecule has 144 valence electrons. The molecular weight excluding hydrogens is 363 g/mol. The van der Waals surface area contributed by atoms with Gasteiger partial charge in [0.1, 0.15) is 11.9 Å². The first-order valence-corrected chi connectivity index (χ1v) is 10.3. The molecule has 2 rings (SSSR count). The van der Waals surface area contributed by atoms with Gasteiger partial charge in [-0.3, -0.25) is 9.59 Å². The molecule has 0 saturated heterocycles. The Hall–Kier alpha value is -2.34. The Kier molecular flexibility index (Phi) is 8.33. The van der Waals surface area contributed by atoms with Crippen LogP contribution in [0.4, 0.5) is 4.39 Å². The molecule has 0 aromatic heterocycles. The average molecular weight is 389 g/mol. The predicted octanol–water partition coefficient (Wildman–Crippen LogP) is 3.73. The highest BCUT2D eigenvalue weighted by molar-refractivity contribution is 7.98. The molecule has 0 saturated carbocycles. The molecule has 1 atom stereocenters. The van der Waals surface area contributed by atoms with Crippen molar-refractivity contribution >= 4 is 23.6 Å². The van der Waals surface area contributed by atoms with Crippen LogP contribution in [0.5, 0.6) is 0 Å². The van der Waals surface area contributed by atoms with Crippen molar-refractivity contribution in [1.29, 1.82) is 0 Å². The SMILES string of the molecule is CCN(Cc1cccc(F)c1)C(=O)C(CCSC)NC(=O)c1ccccc1. The summed E-state index contributed by atoms with van der Waals surface area (Å²) in [5.41, 5.74) is 1.25. The van der Waals surface area contributed by atoms with E-state index in [1.165, 1.54) is 12.1 Å². The minimum Gasteiger partial charge on any atom is -0.340 e. The molecule has 1 unspecified atom stereocenters. The van der Waals surface area contributed by atoms with Gasteiger partial charge in [0.15, 0.2) is 0 Å². The number of rotatable bonds is 9. The summed E-state index contributed by atoms with van der Waals surface area (Å²) in [4.78, 5) is 27.2. The van der Waals surface area contributed by atoms with Gasteiger partial charge in [-0.25, -0.2) is 4.39 Å². The lowest BCUT2D eigenvalue weighted by Crippen LogP contribution is -2.48. The largest absolute Gasteiger partial charge is 0.340 e. The summed E-state index contributed by atoms with van der Waals surface area (Å²) < 4.78 is 13.4. The van der Waals surface area contributed by atoms with Crippen LogP contribution in [-0.2, 0) is 11.3 Å². The molecule has 0 fully saturated rings. The van der Waals surface area contributed by atoms with Gasteiger partial charge in [-0.05, 0) is 55.2 Å². The number of nitrogens with one attached hydrogen (secondary N) is 1. The van der Waals surface area contributed by atoms with Crippen molar-refractivity contribution in [3.8, 4) is 0 Å². The van der Waals surface area contributed by atoms with E-state index < -0.39 is 6.04 Å².